The van der Waals surface area contributed by atoms with E-state index in [0.717, 1.165) is 51.9 Å². The Bertz CT molecular complexity index is 1040. The number of pyridine rings is 1. The van der Waals surface area contributed by atoms with E-state index in [0.29, 0.717) is 5.56 Å². The van der Waals surface area contributed by atoms with Gasteiger partial charge in [0.1, 0.15) is 6.07 Å². The van der Waals surface area contributed by atoms with Crippen molar-refractivity contribution in [1.82, 2.24) is 9.88 Å². The fraction of sp³-hybridized carbons (Fsp3) is 0.304. The number of nitrogens with one attached hydrogen (secondary N) is 2. The number of nitriles is 1. The van der Waals surface area contributed by atoms with Gasteiger partial charge < -0.3 is 15.5 Å². The van der Waals surface area contributed by atoms with Crippen LogP contribution >= 0.6 is 15.9 Å². The lowest BCUT2D eigenvalue weighted by Gasteiger charge is -2.16. The summed E-state index contributed by atoms with van der Waals surface area (Å²) < 4.78 is 0.986. The Labute approximate surface area is 179 Å². The van der Waals surface area contributed by atoms with Crippen molar-refractivity contribution in [3.05, 3.63) is 58.7 Å². The molecule has 4 rings (SSSR count). The molecule has 2 heterocycles. The molecule has 0 spiro atoms. The second-order valence-electron chi connectivity index (χ2n) is 7.32. The van der Waals surface area contributed by atoms with E-state index >= 15 is 0 Å². The van der Waals surface area contributed by atoms with Crippen molar-refractivity contribution >= 4 is 43.9 Å². The molecule has 0 amide bonds. The molecule has 0 saturated carbocycles. The van der Waals surface area contributed by atoms with Crippen molar-refractivity contribution in [3.8, 4) is 6.07 Å². The van der Waals surface area contributed by atoms with Gasteiger partial charge in [-0.1, -0.05) is 34.1 Å². The second kappa shape index (κ2) is 9.25. The van der Waals surface area contributed by atoms with Crippen LogP contribution in [-0.2, 0) is 0 Å². The zero-order valence-electron chi connectivity index (χ0n) is 16.3. The Hall–Kier alpha value is -2.62. The molecule has 0 unspecified atom stereocenters. The molecular weight excluding hydrogens is 426 g/mol. The highest BCUT2D eigenvalue weighted by Gasteiger charge is 2.13. The molecule has 2 N–H and O–H groups in total. The molecule has 0 atom stereocenters. The lowest BCUT2D eigenvalue weighted by atomic mass is 10.1. The highest BCUT2D eigenvalue weighted by molar-refractivity contribution is 9.10. The minimum atomic E-state index is 0.531. The topological polar surface area (TPSA) is 64.0 Å². The van der Waals surface area contributed by atoms with Crippen molar-refractivity contribution in [3.63, 3.8) is 0 Å². The first-order chi connectivity index (χ1) is 14.2. The third-order valence-electron chi connectivity index (χ3n) is 5.28. The maximum absolute atomic E-state index is 9.60. The Morgan fingerprint density at radius 3 is 2.76 bits per heavy atom. The van der Waals surface area contributed by atoms with E-state index in [1.54, 1.807) is 6.20 Å². The molecule has 1 fully saturated rings. The van der Waals surface area contributed by atoms with E-state index in [9.17, 15) is 5.26 Å². The number of halogens is 1. The van der Waals surface area contributed by atoms with Gasteiger partial charge in [-0.15, -0.1) is 0 Å². The molecule has 0 bridgehead atoms. The van der Waals surface area contributed by atoms with Crippen LogP contribution in [0.25, 0.3) is 10.9 Å². The summed E-state index contributed by atoms with van der Waals surface area (Å²) >= 11 is 3.50. The zero-order valence-corrected chi connectivity index (χ0v) is 17.9. The number of hydrogen-bond donors (Lipinski definition) is 2. The van der Waals surface area contributed by atoms with E-state index in [-0.39, 0.29) is 0 Å². The van der Waals surface area contributed by atoms with Crippen LogP contribution < -0.4 is 10.6 Å². The van der Waals surface area contributed by atoms with E-state index in [1.165, 1.54) is 25.9 Å². The van der Waals surface area contributed by atoms with Gasteiger partial charge in [-0.25, -0.2) is 0 Å². The smallest absolute Gasteiger partial charge is 0.103 e. The SMILES string of the molecule is N#Cc1cnc2c(NCCCN3CCCC3)cccc2c1Nc1cccc(Br)c1. The predicted molar refractivity (Wildman–Crippen MR) is 123 cm³/mol. The number of nitrogens with zero attached hydrogens (tertiary/aromatic N) is 3. The molecule has 1 aliphatic rings. The van der Waals surface area contributed by atoms with E-state index in [1.807, 2.05) is 36.4 Å². The van der Waals surface area contributed by atoms with Crippen LogP contribution in [-0.4, -0.2) is 36.1 Å². The normalized spacial score (nSPS) is 14.1. The summed E-state index contributed by atoms with van der Waals surface area (Å²) in [6.45, 7) is 4.51. The van der Waals surface area contributed by atoms with Crippen LogP contribution in [0.15, 0.2) is 53.1 Å². The van der Waals surface area contributed by atoms with E-state index < -0.39 is 0 Å². The minimum absolute atomic E-state index is 0.531. The molecule has 1 aromatic heterocycles. The van der Waals surface area contributed by atoms with Gasteiger partial charge in [-0.3, -0.25) is 4.98 Å². The van der Waals surface area contributed by atoms with Gasteiger partial charge in [0.2, 0.25) is 0 Å². The highest BCUT2D eigenvalue weighted by Crippen LogP contribution is 2.32. The summed E-state index contributed by atoms with van der Waals surface area (Å²) in [4.78, 5) is 7.11. The molecule has 1 aliphatic heterocycles. The molecule has 29 heavy (non-hydrogen) atoms. The Balaban J connectivity index is 1.56. The first-order valence-electron chi connectivity index (χ1n) is 10.1. The molecule has 0 radical (unpaired) electrons. The summed E-state index contributed by atoms with van der Waals surface area (Å²) in [5.74, 6) is 0. The molecule has 3 aromatic rings. The summed E-state index contributed by atoms with van der Waals surface area (Å²) in [6.07, 6.45) is 5.42. The van der Waals surface area contributed by atoms with Crippen LogP contribution in [0.3, 0.4) is 0 Å². The maximum atomic E-state index is 9.60. The van der Waals surface area contributed by atoms with Gasteiger partial charge in [0.05, 0.1) is 22.5 Å². The zero-order chi connectivity index (χ0) is 20.1. The maximum Gasteiger partial charge on any atom is 0.103 e. The number of likely N-dealkylation sites (tertiary alicyclic amines) is 1. The fourth-order valence-electron chi connectivity index (χ4n) is 3.83. The Kier molecular flexibility index (Phi) is 6.28. The quantitative estimate of drug-likeness (QED) is 0.465. The van der Waals surface area contributed by atoms with Crippen molar-refractivity contribution in [2.24, 2.45) is 0 Å². The molecule has 5 nitrogen and oxygen atoms in total. The lowest BCUT2D eigenvalue weighted by Crippen LogP contribution is -2.22. The first-order valence-corrected chi connectivity index (χ1v) is 10.8. The van der Waals surface area contributed by atoms with E-state index in [2.05, 4.69) is 48.6 Å². The standard InChI is InChI=1S/C23H24BrN5/c24-18-6-3-7-19(14-18)28-22-17(15-25)16-27-23-20(22)8-4-9-21(23)26-10-5-13-29-11-1-2-12-29/h3-4,6-9,14,16,26H,1-2,5,10-13H2,(H,27,28). The number of hydrogen-bond acceptors (Lipinski definition) is 5. The predicted octanol–water partition coefficient (Wildman–Crippen LogP) is 5.51. The van der Waals surface area contributed by atoms with Gasteiger partial charge in [0, 0.05) is 28.3 Å². The summed E-state index contributed by atoms with van der Waals surface area (Å²) in [7, 11) is 0. The number of rotatable bonds is 7. The molecule has 148 valence electrons. The summed E-state index contributed by atoms with van der Waals surface area (Å²) in [6, 6.07) is 16.3. The average molecular weight is 450 g/mol. The van der Waals surface area contributed by atoms with Crippen LogP contribution in [0.1, 0.15) is 24.8 Å². The van der Waals surface area contributed by atoms with Gasteiger partial charge in [0.25, 0.3) is 0 Å². The summed E-state index contributed by atoms with van der Waals surface area (Å²) in [5.41, 5.74) is 4.13. The molecular formula is C23H24BrN5. The molecule has 6 heteroatoms. The van der Waals surface area contributed by atoms with Gasteiger partial charge in [0.15, 0.2) is 0 Å². The van der Waals surface area contributed by atoms with Crippen LogP contribution in [0, 0.1) is 11.3 Å². The second-order valence-corrected chi connectivity index (χ2v) is 8.24. The average Bonchev–Trinajstić information content (AvgIpc) is 3.25. The number of benzene rings is 2. The van der Waals surface area contributed by atoms with Crippen LogP contribution in [0.4, 0.5) is 17.1 Å². The van der Waals surface area contributed by atoms with Crippen molar-refractivity contribution in [2.45, 2.75) is 19.3 Å². The first kappa shape index (κ1) is 19.7. The minimum Gasteiger partial charge on any atom is -0.383 e. The van der Waals surface area contributed by atoms with Gasteiger partial charge in [-0.05, 0) is 63.2 Å². The third kappa shape index (κ3) is 4.69. The van der Waals surface area contributed by atoms with E-state index in [4.69, 9.17) is 0 Å². The molecule has 0 aliphatic carbocycles. The molecule has 1 saturated heterocycles. The monoisotopic (exact) mass is 449 g/mol. The number of anilines is 3. The Morgan fingerprint density at radius 2 is 1.97 bits per heavy atom. The Morgan fingerprint density at radius 1 is 1.14 bits per heavy atom. The number of aromatic nitrogens is 1. The highest BCUT2D eigenvalue weighted by atomic mass is 79.9. The van der Waals surface area contributed by atoms with Gasteiger partial charge in [-0.2, -0.15) is 5.26 Å². The van der Waals surface area contributed by atoms with Crippen LogP contribution in [0.5, 0.6) is 0 Å². The number of fused-ring (bicyclic) bond motifs is 1. The third-order valence-corrected chi connectivity index (χ3v) is 5.77. The van der Waals surface area contributed by atoms with Crippen LogP contribution in [0.2, 0.25) is 0 Å². The molecule has 2 aromatic carbocycles. The van der Waals surface area contributed by atoms with Crippen molar-refractivity contribution < 1.29 is 0 Å². The van der Waals surface area contributed by atoms with Crippen molar-refractivity contribution in [1.29, 1.82) is 5.26 Å². The fourth-order valence-corrected chi connectivity index (χ4v) is 4.23. The van der Waals surface area contributed by atoms with Gasteiger partial charge >= 0.3 is 0 Å². The van der Waals surface area contributed by atoms with Crippen molar-refractivity contribution in [2.75, 3.05) is 36.8 Å². The lowest BCUT2D eigenvalue weighted by molar-refractivity contribution is 0.337. The largest absolute Gasteiger partial charge is 0.383 e. The summed E-state index contributed by atoms with van der Waals surface area (Å²) in [5, 5.41) is 17.5. The number of para-hydroxylation sites is 1.